The van der Waals surface area contributed by atoms with E-state index in [0.717, 1.165) is 6.07 Å². The molecule has 0 spiro atoms. The second kappa shape index (κ2) is 5.78. The van der Waals surface area contributed by atoms with Crippen LogP contribution in [0.4, 0.5) is 8.78 Å². The van der Waals surface area contributed by atoms with E-state index in [2.05, 4.69) is 0 Å². The van der Waals surface area contributed by atoms with Crippen molar-refractivity contribution in [2.75, 3.05) is 13.7 Å². The van der Waals surface area contributed by atoms with E-state index < -0.39 is 11.6 Å². The van der Waals surface area contributed by atoms with Crippen LogP contribution in [0.2, 0.25) is 0 Å². The van der Waals surface area contributed by atoms with Crippen molar-refractivity contribution in [2.24, 2.45) is 5.73 Å². The van der Waals surface area contributed by atoms with Crippen LogP contribution in [0.5, 0.6) is 0 Å². The summed E-state index contributed by atoms with van der Waals surface area (Å²) in [5, 5.41) is 0. The third kappa shape index (κ3) is 3.25. The van der Waals surface area contributed by atoms with Crippen molar-refractivity contribution in [2.45, 2.75) is 19.4 Å². The van der Waals surface area contributed by atoms with E-state index >= 15 is 0 Å². The first kappa shape index (κ1) is 12.1. The van der Waals surface area contributed by atoms with Crippen molar-refractivity contribution in [3.8, 4) is 0 Å². The molecule has 0 aliphatic carbocycles. The summed E-state index contributed by atoms with van der Waals surface area (Å²) in [7, 11) is 1.51. The first-order valence-electron chi connectivity index (χ1n) is 4.84. The third-order valence-electron chi connectivity index (χ3n) is 2.12. The molecule has 0 bridgehead atoms. The Morgan fingerprint density at radius 3 is 2.67 bits per heavy atom. The minimum Gasteiger partial charge on any atom is -0.380 e. The molecule has 0 heterocycles. The molecule has 15 heavy (non-hydrogen) atoms. The fourth-order valence-electron chi connectivity index (χ4n) is 1.43. The van der Waals surface area contributed by atoms with E-state index in [0.29, 0.717) is 30.5 Å². The van der Waals surface area contributed by atoms with Crippen molar-refractivity contribution in [1.29, 1.82) is 0 Å². The normalized spacial score (nSPS) is 10.7. The van der Waals surface area contributed by atoms with Gasteiger partial charge in [-0.15, -0.1) is 0 Å². The van der Waals surface area contributed by atoms with Crippen LogP contribution in [0.3, 0.4) is 0 Å². The lowest BCUT2D eigenvalue weighted by atomic mass is 10.1. The molecule has 0 aliphatic rings. The fourth-order valence-corrected chi connectivity index (χ4v) is 1.43. The summed E-state index contributed by atoms with van der Waals surface area (Å²) in [6.07, 6.45) is 1.10. The second-order valence-electron chi connectivity index (χ2n) is 3.38. The Labute approximate surface area is 88.0 Å². The van der Waals surface area contributed by atoms with Gasteiger partial charge in [0.1, 0.15) is 0 Å². The lowest BCUT2D eigenvalue weighted by Crippen LogP contribution is -2.04. The second-order valence-corrected chi connectivity index (χ2v) is 3.38. The monoisotopic (exact) mass is 215 g/mol. The van der Waals surface area contributed by atoms with Crippen molar-refractivity contribution < 1.29 is 13.5 Å². The smallest absolute Gasteiger partial charge is 0.162 e. The number of benzene rings is 1. The van der Waals surface area contributed by atoms with Crippen LogP contribution >= 0.6 is 0 Å². The van der Waals surface area contributed by atoms with Crippen molar-refractivity contribution in [1.82, 2.24) is 0 Å². The number of rotatable bonds is 5. The van der Waals surface area contributed by atoms with Gasteiger partial charge in [0.2, 0.25) is 0 Å². The zero-order valence-corrected chi connectivity index (χ0v) is 8.72. The van der Waals surface area contributed by atoms with Gasteiger partial charge in [-0.25, -0.2) is 8.78 Å². The van der Waals surface area contributed by atoms with Crippen LogP contribution in [0.15, 0.2) is 12.1 Å². The number of methoxy groups -OCH3 is 1. The van der Waals surface area contributed by atoms with E-state index in [9.17, 15) is 8.78 Å². The molecule has 0 fully saturated rings. The Bertz CT molecular complexity index is 329. The maximum absolute atomic E-state index is 13.3. The van der Waals surface area contributed by atoms with Gasteiger partial charge in [-0.2, -0.15) is 0 Å². The molecule has 1 aromatic rings. The molecule has 0 atom stereocenters. The van der Waals surface area contributed by atoms with E-state index in [4.69, 9.17) is 10.5 Å². The highest BCUT2D eigenvalue weighted by Gasteiger charge is 2.10. The molecule has 2 nitrogen and oxygen atoms in total. The van der Waals surface area contributed by atoms with Gasteiger partial charge in [-0.1, -0.05) is 6.07 Å². The highest BCUT2D eigenvalue weighted by molar-refractivity contribution is 5.26. The predicted octanol–water partition coefficient (Wildman–Crippen LogP) is 2.00. The van der Waals surface area contributed by atoms with E-state index in [1.54, 1.807) is 6.07 Å². The summed E-state index contributed by atoms with van der Waals surface area (Å²) in [5.74, 6) is -1.60. The Morgan fingerprint density at radius 2 is 2.07 bits per heavy atom. The zero-order valence-electron chi connectivity index (χ0n) is 8.72. The molecule has 2 N–H and O–H groups in total. The minimum absolute atomic E-state index is 0.285. The number of ether oxygens (including phenoxy) is 1. The molecule has 0 aromatic heterocycles. The molecule has 0 aliphatic heterocycles. The number of hydrogen-bond donors (Lipinski definition) is 1. The zero-order chi connectivity index (χ0) is 11.3. The molecule has 4 heteroatoms. The fraction of sp³-hybridized carbons (Fsp3) is 0.455. The van der Waals surface area contributed by atoms with Crippen LogP contribution in [0, 0.1) is 11.6 Å². The van der Waals surface area contributed by atoms with E-state index in [1.807, 2.05) is 0 Å². The molecule has 0 saturated carbocycles. The minimum atomic E-state index is -0.823. The quantitative estimate of drug-likeness (QED) is 0.815. The maximum Gasteiger partial charge on any atom is 0.162 e. The van der Waals surface area contributed by atoms with Crippen LogP contribution < -0.4 is 5.73 Å². The van der Waals surface area contributed by atoms with Crippen LogP contribution in [0.1, 0.15) is 17.5 Å². The van der Waals surface area contributed by atoms with Gasteiger partial charge in [0.25, 0.3) is 0 Å². The molecule has 1 rings (SSSR count). The van der Waals surface area contributed by atoms with Crippen LogP contribution in [-0.2, 0) is 17.8 Å². The Balaban J connectivity index is 2.91. The molecule has 84 valence electrons. The molecule has 1 aromatic carbocycles. The molecule has 0 saturated heterocycles. The average Bonchev–Trinajstić information content (AvgIpc) is 2.21. The van der Waals surface area contributed by atoms with Crippen LogP contribution in [0.25, 0.3) is 0 Å². The largest absolute Gasteiger partial charge is 0.380 e. The maximum atomic E-state index is 13.3. The van der Waals surface area contributed by atoms with Crippen LogP contribution in [-0.4, -0.2) is 13.7 Å². The predicted molar refractivity (Wildman–Crippen MR) is 54.4 cm³/mol. The molecule has 0 unspecified atom stereocenters. The van der Waals surface area contributed by atoms with E-state index in [1.165, 1.54) is 7.11 Å². The number of nitrogens with two attached hydrogens (primary N) is 1. The topological polar surface area (TPSA) is 35.2 Å². The van der Waals surface area contributed by atoms with Gasteiger partial charge >= 0.3 is 0 Å². The molecule has 0 radical (unpaired) electrons. The van der Waals surface area contributed by atoms with Gasteiger partial charge in [-0.05, 0) is 36.6 Å². The summed E-state index contributed by atoms with van der Waals surface area (Å²) < 4.78 is 31.3. The van der Waals surface area contributed by atoms with Gasteiger partial charge < -0.3 is 10.5 Å². The summed E-state index contributed by atoms with van der Waals surface area (Å²) in [6, 6.07) is 2.78. The highest BCUT2D eigenvalue weighted by Crippen LogP contribution is 2.17. The number of aryl methyl sites for hydroxylation is 1. The lowest BCUT2D eigenvalue weighted by molar-refractivity contribution is 0.184. The van der Waals surface area contributed by atoms with E-state index in [-0.39, 0.29) is 6.61 Å². The highest BCUT2D eigenvalue weighted by atomic mass is 19.2. The summed E-state index contributed by atoms with van der Waals surface area (Å²) in [6.45, 7) is 0.752. The first-order chi connectivity index (χ1) is 7.19. The van der Waals surface area contributed by atoms with Gasteiger partial charge in [0.05, 0.1) is 6.61 Å². The third-order valence-corrected chi connectivity index (χ3v) is 2.12. The van der Waals surface area contributed by atoms with Crippen molar-refractivity contribution in [3.63, 3.8) is 0 Å². The van der Waals surface area contributed by atoms with Crippen molar-refractivity contribution in [3.05, 3.63) is 34.9 Å². The number of hydrogen-bond acceptors (Lipinski definition) is 2. The average molecular weight is 215 g/mol. The summed E-state index contributed by atoms with van der Waals surface area (Å²) in [5.41, 5.74) is 6.33. The Hall–Kier alpha value is -1.00. The Kier molecular flexibility index (Phi) is 4.65. The summed E-state index contributed by atoms with van der Waals surface area (Å²) in [4.78, 5) is 0. The van der Waals surface area contributed by atoms with Crippen molar-refractivity contribution >= 4 is 0 Å². The van der Waals surface area contributed by atoms with Gasteiger partial charge in [0, 0.05) is 7.11 Å². The van der Waals surface area contributed by atoms with Gasteiger partial charge in [-0.3, -0.25) is 0 Å². The van der Waals surface area contributed by atoms with Gasteiger partial charge in [0.15, 0.2) is 11.6 Å². The number of halogens is 2. The first-order valence-corrected chi connectivity index (χ1v) is 4.84. The standard InChI is InChI=1S/C11H15F2NO/c1-15-7-8-5-9(3-2-4-14)11(13)10(12)6-8/h5-6H,2-4,7,14H2,1H3. The Morgan fingerprint density at radius 1 is 1.33 bits per heavy atom. The summed E-state index contributed by atoms with van der Waals surface area (Å²) >= 11 is 0. The molecule has 0 amide bonds. The molecular formula is C11H15F2NO. The molecular weight excluding hydrogens is 200 g/mol. The SMILES string of the molecule is COCc1cc(F)c(F)c(CCCN)c1. The lowest BCUT2D eigenvalue weighted by Gasteiger charge is -2.07.